The van der Waals surface area contributed by atoms with Crippen LogP contribution in [0.2, 0.25) is 0 Å². The van der Waals surface area contributed by atoms with Gasteiger partial charge in [-0.1, -0.05) is 0 Å². The molecule has 1 spiro atoms. The van der Waals surface area contributed by atoms with Crippen LogP contribution in [0.1, 0.15) is 61.5 Å². The minimum Gasteiger partial charge on any atom is -0.395 e. The van der Waals surface area contributed by atoms with Crippen molar-refractivity contribution in [1.29, 1.82) is 0 Å². The number of halogens is 2. The highest BCUT2D eigenvalue weighted by Crippen LogP contribution is 2.54. The van der Waals surface area contributed by atoms with Crippen LogP contribution in [0.15, 0.2) is 24.3 Å². The average molecular weight is 619 g/mol. The van der Waals surface area contributed by atoms with Crippen molar-refractivity contribution in [2.24, 2.45) is 5.41 Å². The number of aliphatic hydroxyl groups is 1. The van der Waals surface area contributed by atoms with Crippen LogP contribution < -0.4 is 24.7 Å². The van der Waals surface area contributed by atoms with Gasteiger partial charge < -0.3 is 25.1 Å². The van der Waals surface area contributed by atoms with Crippen LogP contribution in [0.3, 0.4) is 0 Å². The van der Waals surface area contributed by atoms with Gasteiger partial charge in [0.2, 0.25) is 10.0 Å². The topological polar surface area (TPSA) is 118 Å². The standard InChI is InChI=1S/C30H40F2N6O4S/c1-20(19-39)43(41,42)35-22-3-4-23(25(18-22)37-13-8-29(6-7-29)9-14-37)34-28(40)24-17-21-5-12-36(2)26(21)27(33-24)38-15-10-30(31,32)11-16-38/h3-4,17-18,20,35,39H,5-16,19H2,1-2H3,(H,34,40)/t20-/m1/s1. The average Bonchev–Trinajstić information content (AvgIpc) is 3.63. The minimum atomic E-state index is -3.80. The predicted octanol–water partition coefficient (Wildman–Crippen LogP) is 4.06. The Morgan fingerprint density at radius 3 is 2.35 bits per heavy atom. The zero-order valence-electron chi connectivity index (χ0n) is 24.7. The molecule has 3 N–H and O–H groups in total. The molecule has 3 fully saturated rings. The summed E-state index contributed by atoms with van der Waals surface area (Å²) in [7, 11) is -1.86. The largest absolute Gasteiger partial charge is 0.395 e. The molecule has 234 valence electrons. The number of hydrogen-bond acceptors (Lipinski definition) is 8. The molecule has 2 aromatic rings. The molecule has 10 nitrogen and oxygen atoms in total. The number of piperidine rings is 2. The third kappa shape index (κ3) is 6.11. The number of anilines is 5. The van der Waals surface area contributed by atoms with Crippen molar-refractivity contribution >= 4 is 44.5 Å². The lowest BCUT2D eigenvalue weighted by Gasteiger charge is -2.35. The van der Waals surface area contributed by atoms with Gasteiger partial charge in [-0.05, 0) is 74.3 Å². The molecule has 43 heavy (non-hydrogen) atoms. The summed E-state index contributed by atoms with van der Waals surface area (Å²) in [6, 6.07) is 6.79. The first-order chi connectivity index (χ1) is 20.4. The van der Waals surface area contributed by atoms with Gasteiger partial charge in [-0.15, -0.1) is 0 Å². The summed E-state index contributed by atoms with van der Waals surface area (Å²) >= 11 is 0. The summed E-state index contributed by atoms with van der Waals surface area (Å²) in [5, 5.41) is 11.4. The number of aromatic nitrogens is 1. The number of carbonyl (C=O) groups excluding carboxylic acids is 1. The van der Waals surface area contributed by atoms with E-state index in [4.69, 9.17) is 4.98 Å². The number of aliphatic hydroxyl groups excluding tert-OH is 1. The van der Waals surface area contributed by atoms with E-state index in [-0.39, 0.29) is 31.6 Å². The van der Waals surface area contributed by atoms with Crippen LogP contribution >= 0.6 is 0 Å². The molecule has 1 saturated carbocycles. The lowest BCUT2D eigenvalue weighted by molar-refractivity contribution is -0.0221. The lowest BCUT2D eigenvalue weighted by atomic mass is 9.93. The first kappa shape index (κ1) is 29.9. The fourth-order valence-electron chi connectivity index (χ4n) is 6.38. The Hall–Kier alpha value is -3.19. The molecule has 0 radical (unpaired) electrons. The summed E-state index contributed by atoms with van der Waals surface area (Å²) in [4.78, 5) is 24.6. The number of fused-ring (bicyclic) bond motifs is 1. The number of pyridine rings is 1. The number of amides is 1. The number of hydrogen-bond donors (Lipinski definition) is 3. The van der Waals surface area contributed by atoms with Crippen LogP contribution in [-0.4, -0.2) is 82.0 Å². The summed E-state index contributed by atoms with van der Waals surface area (Å²) in [6.07, 6.45) is 4.77. The van der Waals surface area contributed by atoms with Gasteiger partial charge in [-0.2, -0.15) is 0 Å². The highest BCUT2D eigenvalue weighted by atomic mass is 32.2. The number of sulfonamides is 1. The predicted molar refractivity (Wildman–Crippen MR) is 164 cm³/mol. The van der Waals surface area contributed by atoms with Crippen LogP contribution in [0.4, 0.5) is 37.3 Å². The fraction of sp³-hybridized carbons (Fsp3) is 0.600. The van der Waals surface area contributed by atoms with E-state index in [0.29, 0.717) is 28.3 Å². The molecule has 13 heteroatoms. The van der Waals surface area contributed by atoms with E-state index < -0.39 is 33.7 Å². The number of alkyl halides is 2. The van der Waals surface area contributed by atoms with Gasteiger partial charge >= 0.3 is 0 Å². The van der Waals surface area contributed by atoms with E-state index in [9.17, 15) is 27.1 Å². The quantitative estimate of drug-likeness (QED) is 0.406. The summed E-state index contributed by atoms with van der Waals surface area (Å²) in [5.74, 6) is -2.55. The van der Waals surface area contributed by atoms with Crippen molar-refractivity contribution < 1.29 is 27.1 Å². The SMILES string of the molecule is C[C@H](CO)S(=O)(=O)Nc1ccc(NC(=O)c2cc3c(c(N4CCC(F)(F)CC4)n2)N(C)CC3)c(N2CCC3(CC2)CC3)c1. The Morgan fingerprint density at radius 2 is 1.70 bits per heavy atom. The van der Waals surface area contributed by atoms with Gasteiger partial charge in [0.05, 0.1) is 29.4 Å². The molecule has 4 aliphatic rings. The van der Waals surface area contributed by atoms with Crippen molar-refractivity contribution in [1.82, 2.24) is 4.98 Å². The third-order valence-corrected chi connectivity index (χ3v) is 11.3. The summed E-state index contributed by atoms with van der Waals surface area (Å²) < 4.78 is 55.8. The highest BCUT2D eigenvalue weighted by Gasteiger charge is 2.44. The number of nitrogens with zero attached hydrogens (tertiary/aromatic N) is 4. The first-order valence-electron chi connectivity index (χ1n) is 15.1. The normalized spacial score (nSPS) is 21.5. The molecular weight excluding hydrogens is 578 g/mol. The van der Waals surface area contributed by atoms with Crippen LogP contribution in [-0.2, 0) is 16.4 Å². The van der Waals surface area contributed by atoms with Crippen molar-refractivity contribution in [3.63, 3.8) is 0 Å². The van der Waals surface area contributed by atoms with Gasteiger partial charge in [-0.25, -0.2) is 22.2 Å². The third-order valence-electron chi connectivity index (χ3n) is 9.59. The maximum absolute atomic E-state index is 13.9. The number of benzene rings is 1. The number of rotatable bonds is 8. The Balaban J connectivity index is 1.29. The molecule has 1 aliphatic carbocycles. The van der Waals surface area contributed by atoms with E-state index in [1.807, 2.05) is 11.9 Å². The van der Waals surface area contributed by atoms with Crippen LogP contribution in [0.5, 0.6) is 0 Å². The lowest BCUT2D eigenvalue weighted by Crippen LogP contribution is -2.40. The Bertz CT molecular complexity index is 1500. The van der Waals surface area contributed by atoms with Gasteiger partial charge in [0, 0.05) is 52.6 Å². The zero-order valence-corrected chi connectivity index (χ0v) is 25.5. The highest BCUT2D eigenvalue weighted by molar-refractivity contribution is 7.93. The fourth-order valence-corrected chi connectivity index (χ4v) is 7.23. The number of nitrogens with one attached hydrogen (secondary N) is 2. The van der Waals surface area contributed by atoms with Gasteiger partial charge in [0.1, 0.15) is 10.9 Å². The summed E-state index contributed by atoms with van der Waals surface area (Å²) in [5.41, 5.74) is 4.08. The maximum atomic E-state index is 13.9. The second-order valence-electron chi connectivity index (χ2n) is 12.7. The smallest absolute Gasteiger partial charge is 0.274 e. The van der Waals surface area contributed by atoms with Gasteiger partial charge in [0.15, 0.2) is 5.82 Å². The van der Waals surface area contributed by atoms with Crippen molar-refractivity contribution in [2.45, 2.75) is 63.0 Å². The van der Waals surface area contributed by atoms with Gasteiger partial charge in [-0.3, -0.25) is 9.52 Å². The number of likely N-dealkylation sites (N-methyl/N-ethyl adjacent to an activating group) is 1. The van der Waals surface area contributed by atoms with E-state index >= 15 is 0 Å². The molecule has 1 aromatic carbocycles. The molecule has 1 aromatic heterocycles. The van der Waals surface area contributed by atoms with Crippen molar-refractivity contribution in [3.05, 3.63) is 35.5 Å². The summed E-state index contributed by atoms with van der Waals surface area (Å²) in [6.45, 7) is 3.60. The van der Waals surface area contributed by atoms with Crippen molar-refractivity contribution in [2.75, 3.05) is 71.1 Å². The molecule has 4 heterocycles. The second kappa shape index (κ2) is 11.1. The molecule has 2 saturated heterocycles. The maximum Gasteiger partial charge on any atom is 0.274 e. The molecule has 0 bridgehead atoms. The van der Waals surface area contributed by atoms with Crippen LogP contribution in [0.25, 0.3) is 0 Å². The van der Waals surface area contributed by atoms with Gasteiger partial charge in [0.25, 0.3) is 11.8 Å². The van der Waals surface area contributed by atoms with E-state index in [1.54, 1.807) is 24.3 Å². The van der Waals surface area contributed by atoms with Crippen LogP contribution in [0, 0.1) is 5.41 Å². The Morgan fingerprint density at radius 1 is 1.02 bits per heavy atom. The Kier molecular flexibility index (Phi) is 7.68. The minimum absolute atomic E-state index is 0.165. The van der Waals surface area contributed by atoms with Crippen molar-refractivity contribution in [3.8, 4) is 0 Å². The monoisotopic (exact) mass is 618 g/mol. The molecule has 3 aliphatic heterocycles. The molecule has 1 atom stereocenters. The zero-order chi connectivity index (χ0) is 30.6. The molecular formula is C30H40F2N6O4S. The molecule has 0 unspecified atom stereocenters. The molecule has 6 rings (SSSR count). The van der Waals surface area contributed by atoms with E-state index in [1.165, 1.54) is 19.8 Å². The van der Waals surface area contributed by atoms with E-state index in [2.05, 4.69) is 19.8 Å². The first-order valence-corrected chi connectivity index (χ1v) is 16.6. The van der Waals surface area contributed by atoms with E-state index in [0.717, 1.165) is 50.1 Å². The second-order valence-corrected chi connectivity index (χ2v) is 14.8. The molecule has 1 amide bonds. The number of carbonyl (C=O) groups is 1. The Labute approximate surface area is 251 Å².